The van der Waals surface area contributed by atoms with E-state index in [2.05, 4.69) is 10.9 Å². The van der Waals surface area contributed by atoms with Crippen molar-refractivity contribution in [1.29, 1.82) is 0 Å². The number of aryl methyl sites for hydroxylation is 1. The Kier molecular flexibility index (Phi) is 5.90. The molecule has 1 aliphatic rings. The predicted molar refractivity (Wildman–Crippen MR) is 114 cm³/mol. The van der Waals surface area contributed by atoms with Crippen LogP contribution in [0.2, 0.25) is 0 Å². The summed E-state index contributed by atoms with van der Waals surface area (Å²) in [5.41, 5.74) is 6.94. The molecule has 2 amide bonds. The van der Waals surface area contributed by atoms with Gasteiger partial charge in [-0.1, -0.05) is 42.5 Å². The third-order valence-electron chi connectivity index (χ3n) is 5.31. The van der Waals surface area contributed by atoms with E-state index >= 15 is 0 Å². The first-order valence-electron chi connectivity index (χ1n) is 9.98. The van der Waals surface area contributed by atoms with Gasteiger partial charge in [0, 0.05) is 0 Å². The molecule has 0 saturated carbocycles. The van der Waals surface area contributed by atoms with E-state index in [9.17, 15) is 18.0 Å². The average Bonchev–Trinajstić information content (AvgIpc) is 3.25. The van der Waals surface area contributed by atoms with Crippen molar-refractivity contribution in [3.63, 3.8) is 0 Å². The molecule has 2 aromatic carbocycles. The maximum absolute atomic E-state index is 12.6. The molecule has 1 aromatic heterocycles. The number of nitrogens with one attached hydrogen (secondary N) is 2. The fourth-order valence-electron chi connectivity index (χ4n) is 3.77. The summed E-state index contributed by atoms with van der Waals surface area (Å²) in [6, 6.07) is 18.6. The molecule has 160 valence electrons. The first-order chi connectivity index (χ1) is 14.9. The zero-order valence-corrected chi connectivity index (χ0v) is 17.5. The van der Waals surface area contributed by atoms with E-state index in [-0.39, 0.29) is 34.0 Å². The summed E-state index contributed by atoms with van der Waals surface area (Å²) in [5, 5.41) is 0. The standard InChI is InChI=1S/C23H22N2O5S/c26-22(20-12-6-8-16-7-4-5-11-19(16)20)24-25-23(27)21-14-13-17(30-21)15-31(28,29)18-9-2-1-3-10-18/h1-5,7,9-11,13-14,20H,6,8,12,15H2,(H,24,26)(H,25,27)/t20-/m1/s1. The Balaban J connectivity index is 1.37. The van der Waals surface area contributed by atoms with Gasteiger partial charge in [0.05, 0.1) is 10.8 Å². The molecule has 8 heteroatoms. The largest absolute Gasteiger partial charge is 0.455 e. The van der Waals surface area contributed by atoms with E-state index in [1.165, 1.54) is 24.3 Å². The van der Waals surface area contributed by atoms with Crippen molar-refractivity contribution in [2.45, 2.75) is 35.8 Å². The normalized spacial score (nSPS) is 15.7. The maximum atomic E-state index is 12.6. The molecule has 0 fully saturated rings. The monoisotopic (exact) mass is 438 g/mol. The Bertz CT molecular complexity index is 1200. The second kappa shape index (κ2) is 8.77. The number of hydrogen-bond donors (Lipinski definition) is 2. The van der Waals surface area contributed by atoms with Crippen LogP contribution in [0.3, 0.4) is 0 Å². The average molecular weight is 439 g/mol. The lowest BCUT2D eigenvalue weighted by Crippen LogP contribution is -2.44. The second-order valence-electron chi connectivity index (χ2n) is 7.43. The molecule has 31 heavy (non-hydrogen) atoms. The first kappa shape index (κ1) is 20.9. The van der Waals surface area contributed by atoms with Crippen LogP contribution in [-0.2, 0) is 26.8 Å². The topological polar surface area (TPSA) is 105 Å². The third-order valence-corrected chi connectivity index (χ3v) is 6.96. The second-order valence-corrected chi connectivity index (χ2v) is 9.41. The van der Waals surface area contributed by atoms with Crippen molar-refractivity contribution in [2.75, 3.05) is 0 Å². The van der Waals surface area contributed by atoms with E-state index in [4.69, 9.17) is 4.42 Å². The van der Waals surface area contributed by atoms with Crippen LogP contribution in [0.15, 0.2) is 76.0 Å². The molecule has 2 N–H and O–H groups in total. The Morgan fingerprint density at radius 2 is 1.68 bits per heavy atom. The van der Waals surface area contributed by atoms with Crippen LogP contribution in [-0.4, -0.2) is 20.2 Å². The van der Waals surface area contributed by atoms with Crippen LogP contribution in [0.4, 0.5) is 0 Å². The molecule has 0 spiro atoms. The van der Waals surface area contributed by atoms with Gasteiger partial charge >= 0.3 is 5.91 Å². The summed E-state index contributed by atoms with van der Waals surface area (Å²) in [6.45, 7) is 0. The van der Waals surface area contributed by atoms with Gasteiger partial charge in [0.2, 0.25) is 5.91 Å². The van der Waals surface area contributed by atoms with E-state index in [0.29, 0.717) is 6.42 Å². The van der Waals surface area contributed by atoms with Crippen molar-refractivity contribution < 1.29 is 22.4 Å². The third kappa shape index (κ3) is 4.69. The van der Waals surface area contributed by atoms with Gasteiger partial charge in [-0.05, 0) is 54.7 Å². The van der Waals surface area contributed by atoms with Gasteiger partial charge in [-0.15, -0.1) is 0 Å². The number of carbonyl (C=O) groups excluding carboxylic acids is 2. The predicted octanol–water partition coefficient (Wildman–Crippen LogP) is 3.13. The smallest absolute Gasteiger partial charge is 0.305 e. The zero-order chi connectivity index (χ0) is 21.8. The molecular formula is C23H22N2O5S. The van der Waals surface area contributed by atoms with E-state index < -0.39 is 15.7 Å². The van der Waals surface area contributed by atoms with Crippen molar-refractivity contribution in [3.05, 3.63) is 89.4 Å². The summed E-state index contributed by atoms with van der Waals surface area (Å²) in [5.74, 6) is -1.58. The summed E-state index contributed by atoms with van der Waals surface area (Å²) < 4.78 is 30.3. The first-order valence-corrected chi connectivity index (χ1v) is 11.6. The highest BCUT2D eigenvalue weighted by atomic mass is 32.2. The Labute approximate surface area is 180 Å². The Hall–Kier alpha value is -3.39. The molecule has 3 aromatic rings. The molecule has 1 aliphatic carbocycles. The van der Waals surface area contributed by atoms with Gasteiger partial charge in [0.25, 0.3) is 0 Å². The van der Waals surface area contributed by atoms with Crippen LogP contribution in [0.5, 0.6) is 0 Å². The number of hydrazine groups is 1. The fraction of sp³-hybridized carbons (Fsp3) is 0.217. The quantitative estimate of drug-likeness (QED) is 0.596. The number of sulfone groups is 1. The Morgan fingerprint density at radius 3 is 2.48 bits per heavy atom. The highest BCUT2D eigenvalue weighted by Crippen LogP contribution is 2.31. The number of rotatable bonds is 5. The van der Waals surface area contributed by atoms with Crippen molar-refractivity contribution in [2.24, 2.45) is 0 Å². The number of benzene rings is 2. The lowest BCUT2D eigenvalue weighted by molar-refractivity contribution is -0.123. The fourth-order valence-corrected chi connectivity index (χ4v) is 5.04. The number of hydrogen-bond acceptors (Lipinski definition) is 5. The number of fused-ring (bicyclic) bond motifs is 1. The van der Waals surface area contributed by atoms with Crippen molar-refractivity contribution in [3.8, 4) is 0 Å². The maximum Gasteiger partial charge on any atom is 0.305 e. The highest BCUT2D eigenvalue weighted by Gasteiger charge is 2.27. The van der Waals surface area contributed by atoms with Crippen LogP contribution >= 0.6 is 0 Å². The summed E-state index contributed by atoms with van der Waals surface area (Å²) in [7, 11) is -3.59. The minimum absolute atomic E-state index is 0.0809. The lowest BCUT2D eigenvalue weighted by atomic mass is 9.82. The summed E-state index contributed by atoms with van der Waals surface area (Å²) >= 11 is 0. The van der Waals surface area contributed by atoms with E-state index in [1.54, 1.807) is 18.2 Å². The van der Waals surface area contributed by atoms with Gasteiger partial charge in [0.1, 0.15) is 11.5 Å². The molecular weight excluding hydrogens is 416 g/mol. The molecule has 0 unspecified atom stereocenters. The summed E-state index contributed by atoms with van der Waals surface area (Å²) in [4.78, 5) is 25.1. The summed E-state index contributed by atoms with van der Waals surface area (Å²) in [6.07, 6.45) is 2.55. The van der Waals surface area contributed by atoms with Gasteiger partial charge in [-0.25, -0.2) is 8.42 Å². The number of amides is 2. The van der Waals surface area contributed by atoms with Crippen LogP contribution in [0, 0.1) is 0 Å². The SMILES string of the molecule is O=C(NNC(=O)[C@@H]1CCCc2ccccc21)c1ccc(CS(=O)(=O)c2ccccc2)o1. The zero-order valence-electron chi connectivity index (χ0n) is 16.7. The minimum atomic E-state index is -3.59. The van der Waals surface area contributed by atoms with Crippen LogP contribution < -0.4 is 10.9 Å². The van der Waals surface area contributed by atoms with Crippen molar-refractivity contribution in [1.82, 2.24) is 10.9 Å². The van der Waals surface area contributed by atoms with Gasteiger partial charge in [-0.3, -0.25) is 20.4 Å². The van der Waals surface area contributed by atoms with Crippen LogP contribution in [0.1, 0.15) is 46.2 Å². The Morgan fingerprint density at radius 1 is 0.935 bits per heavy atom. The van der Waals surface area contributed by atoms with E-state index in [1.807, 2.05) is 24.3 Å². The van der Waals surface area contributed by atoms with E-state index in [0.717, 1.165) is 24.0 Å². The molecule has 1 heterocycles. The highest BCUT2D eigenvalue weighted by molar-refractivity contribution is 7.90. The number of carbonyl (C=O) groups is 2. The molecule has 1 atom stereocenters. The molecule has 0 aliphatic heterocycles. The van der Waals surface area contributed by atoms with Gasteiger partial charge in [-0.2, -0.15) is 0 Å². The van der Waals surface area contributed by atoms with Crippen molar-refractivity contribution >= 4 is 21.7 Å². The minimum Gasteiger partial charge on any atom is -0.455 e. The molecule has 4 rings (SSSR count). The molecule has 0 bridgehead atoms. The number of furan rings is 1. The molecule has 0 radical (unpaired) electrons. The van der Waals surface area contributed by atoms with Crippen LogP contribution in [0.25, 0.3) is 0 Å². The van der Waals surface area contributed by atoms with Gasteiger partial charge in [0.15, 0.2) is 15.6 Å². The lowest BCUT2D eigenvalue weighted by Gasteiger charge is -2.24. The molecule has 7 nitrogen and oxygen atoms in total. The molecule has 0 saturated heterocycles. The van der Waals surface area contributed by atoms with Gasteiger partial charge < -0.3 is 4.42 Å².